The van der Waals surface area contributed by atoms with Crippen molar-refractivity contribution in [1.82, 2.24) is 15.3 Å². The van der Waals surface area contributed by atoms with E-state index >= 15 is 0 Å². The van der Waals surface area contributed by atoms with Crippen LogP contribution >= 0.6 is 0 Å². The van der Waals surface area contributed by atoms with Gasteiger partial charge in [0.1, 0.15) is 0 Å². The van der Waals surface area contributed by atoms with Crippen LogP contribution < -0.4 is 5.32 Å². The highest BCUT2D eigenvalue weighted by Gasteiger charge is 2.25. The van der Waals surface area contributed by atoms with E-state index in [1.54, 1.807) is 12.4 Å². The average molecular weight is 235 g/mol. The van der Waals surface area contributed by atoms with Crippen LogP contribution in [0.1, 0.15) is 37.9 Å². The summed E-state index contributed by atoms with van der Waals surface area (Å²) >= 11 is 0. The van der Waals surface area contributed by atoms with Gasteiger partial charge in [-0.25, -0.2) is 0 Å². The highest BCUT2D eigenvalue weighted by Crippen LogP contribution is 2.28. The fourth-order valence-electron chi connectivity index (χ4n) is 2.33. The second-order valence-electron chi connectivity index (χ2n) is 4.51. The molecule has 0 spiro atoms. The Balaban J connectivity index is 2.06. The molecule has 1 aliphatic heterocycles. The third kappa shape index (κ3) is 3.48. The van der Waals surface area contributed by atoms with Crippen molar-refractivity contribution in [3.8, 4) is 0 Å². The van der Waals surface area contributed by atoms with Crippen LogP contribution in [-0.2, 0) is 4.74 Å². The Morgan fingerprint density at radius 2 is 2.24 bits per heavy atom. The Bertz CT molecular complexity index is 312. The maximum absolute atomic E-state index is 5.43. The van der Waals surface area contributed by atoms with E-state index in [4.69, 9.17) is 4.74 Å². The molecular weight excluding hydrogens is 214 g/mol. The quantitative estimate of drug-likeness (QED) is 0.847. The summed E-state index contributed by atoms with van der Waals surface area (Å²) in [5, 5.41) is 3.60. The summed E-state index contributed by atoms with van der Waals surface area (Å²) in [7, 11) is 0. The molecule has 4 heteroatoms. The SMILES string of the molecule is CCCNC(c1cnccn1)C1CCOCC1. The molecule has 1 aliphatic rings. The van der Waals surface area contributed by atoms with Crippen molar-refractivity contribution in [2.45, 2.75) is 32.2 Å². The summed E-state index contributed by atoms with van der Waals surface area (Å²) in [6, 6.07) is 0.326. The van der Waals surface area contributed by atoms with Crippen molar-refractivity contribution in [2.24, 2.45) is 5.92 Å². The van der Waals surface area contributed by atoms with Gasteiger partial charge in [0.25, 0.3) is 0 Å². The number of hydrogen-bond acceptors (Lipinski definition) is 4. The van der Waals surface area contributed by atoms with Crippen LogP contribution in [-0.4, -0.2) is 29.7 Å². The van der Waals surface area contributed by atoms with E-state index in [2.05, 4.69) is 22.2 Å². The van der Waals surface area contributed by atoms with Gasteiger partial charge in [-0.1, -0.05) is 6.92 Å². The van der Waals surface area contributed by atoms with Crippen molar-refractivity contribution in [3.05, 3.63) is 24.3 Å². The minimum absolute atomic E-state index is 0.326. The molecule has 1 aromatic heterocycles. The number of nitrogens with zero attached hydrogens (tertiary/aromatic N) is 2. The molecule has 17 heavy (non-hydrogen) atoms. The summed E-state index contributed by atoms with van der Waals surface area (Å²) in [4.78, 5) is 8.62. The minimum atomic E-state index is 0.326. The first-order valence-electron chi connectivity index (χ1n) is 6.49. The van der Waals surface area contributed by atoms with Gasteiger partial charge in [0.2, 0.25) is 0 Å². The third-order valence-electron chi connectivity index (χ3n) is 3.25. The molecule has 2 heterocycles. The van der Waals surface area contributed by atoms with E-state index in [1.807, 2.05) is 6.20 Å². The smallest absolute Gasteiger partial charge is 0.0758 e. The Labute approximate surface area is 103 Å². The van der Waals surface area contributed by atoms with Crippen LogP contribution in [0.5, 0.6) is 0 Å². The molecule has 0 radical (unpaired) electrons. The van der Waals surface area contributed by atoms with Gasteiger partial charge in [0, 0.05) is 31.8 Å². The molecular formula is C13H21N3O. The number of nitrogens with one attached hydrogen (secondary N) is 1. The van der Waals surface area contributed by atoms with Crippen LogP contribution in [0.15, 0.2) is 18.6 Å². The van der Waals surface area contributed by atoms with E-state index in [1.165, 1.54) is 0 Å². The van der Waals surface area contributed by atoms with E-state index in [0.717, 1.165) is 44.7 Å². The lowest BCUT2D eigenvalue weighted by molar-refractivity contribution is 0.0530. The summed E-state index contributed by atoms with van der Waals surface area (Å²) in [6.07, 6.45) is 8.73. The fraction of sp³-hybridized carbons (Fsp3) is 0.692. The Morgan fingerprint density at radius 3 is 2.88 bits per heavy atom. The van der Waals surface area contributed by atoms with Gasteiger partial charge in [-0.2, -0.15) is 0 Å². The van der Waals surface area contributed by atoms with Crippen LogP contribution in [0, 0.1) is 5.92 Å². The highest BCUT2D eigenvalue weighted by molar-refractivity contribution is 5.04. The molecule has 0 aliphatic carbocycles. The molecule has 0 amide bonds. The normalized spacial score (nSPS) is 19.1. The van der Waals surface area contributed by atoms with Crippen LogP contribution in [0.4, 0.5) is 0 Å². The topological polar surface area (TPSA) is 47.0 Å². The van der Waals surface area contributed by atoms with Gasteiger partial charge >= 0.3 is 0 Å². The molecule has 1 atom stereocenters. The van der Waals surface area contributed by atoms with Gasteiger partial charge < -0.3 is 10.1 Å². The number of ether oxygens (including phenoxy) is 1. The van der Waals surface area contributed by atoms with Gasteiger partial charge in [-0.3, -0.25) is 9.97 Å². The first kappa shape index (κ1) is 12.5. The lowest BCUT2D eigenvalue weighted by Gasteiger charge is -2.30. The summed E-state index contributed by atoms with van der Waals surface area (Å²) in [5.74, 6) is 0.618. The maximum atomic E-state index is 5.43. The summed E-state index contributed by atoms with van der Waals surface area (Å²) in [6.45, 7) is 4.95. The van der Waals surface area contributed by atoms with E-state index in [9.17, 15) is 0 Å². The second kappa shape index (κ2) is 6.67. The van der Waals surface area contributed by atoms with Crippen molar-refractivity contribution in [2.75, 3.05) is 19.8 Å². The predicted octanol–water partition coefficient (Wildman–Crippen LogP) is 1.94. The number of rotatable bonds is 5. The van der Waals surface area contributed by atoms with E-state index < -0.39 is 0 Å². The second-order valence-corrected chi connectivity index (χ2v) is 4.51. The van der Waals surface area contributed by atoms with E-state index in [0.29, 0.717) is 12.0 Å². The van der Waals surface area contributed by atoms with Gasteiger partial charge in [0.05, 0.1) is 11.7 Å². The minimum Gasteiger partial charge on any atom is -0.381 e. The Hall–Kier alpha value is -1.00. The standard InChI is InChI=1S/C13H21N3O/c1-2-5-16-13(11-3-8-17-9-4-11)12-10-14-6-7-15-12/h6-7,10-11,13,16H,2-5,8-9H2,1H3. The molecule has 0 aromatic carbocycles. The van der Waals surface area contributed by atoms with Gasteiger partial charge in [-0.15, -0.1) is 0 Å². The van der Waals surface area contributed by atoms with Crippen LogP contribution in [0.2, 0.25) is 0 Å². The lowest BCUT2D eigenvalue weighted by Crippen LogP contribution is -2.33. The summed E-state index contributed by atoms with van der Waals surface area (Å²) < 4.78 is 5.43. The molecule has 1 unspecified atom stereocenters. The molecule has 1 fully saturated rings. The molecule has 0 saturated carbocycles. The monoisotopic (exact) mass is 235 g/mol. The lowest BCUT2D eigenvalue weighted by atomic mass is 9.89. The predicted molar refractivity (Wildman–Crippen MR) is 66.6 cm³/mol. The zero-order valence-corrected chi connectivity index (χ0v) is 10.4. The molecule has 4 nitrogen and oxygen atoms in total. The maximum Gasteiger partial charge on any atom is 0.0758 e. The third-order valence-corrected chi connectivity index (χ3v) is 3.25. The molecule has 94 valence electrons. The van der Waals surface area contributed by atoms with Gasteiger partial charge in [0.15, 0.2) is 0 Å². The van der Waals surface area contributed by atoms with Crippen molar-refractivity contribution < 1.29 is 4.74 Å². The zero-order valence-electron chi connectivity index (χ0n) is 10.4. The zero-order chi connectivity index (χ0) is 11.9. The van der Waals surface area contributed by atoms with E-state index in [-0.39, 0.29) is 0 Å². The molecule has 0 bridgehead atoms. The first-order chi connectivity index (χ1) is 8.42. The van der Waals surface area contributed by atoms with Gasteiger partial charge in [-0.05, 0) is 31.7 Å². The van der Waals surface area contributed by atoms with Crippen molar-refractivity contribution in [3.63, 3.8) is 0 Å². The van der Waals surface area contributed by atoms with Crippen molar-refractivity contribution >= 4 is 0 Å². The highest BCUT2D eigenvalue weighted by atomic mass is 16.5. The average Bonchev–Trinajstić information content (AvgIpc) is 2.42. The number of aromatic nitrogens is 2. The molecule has 2 rings (SSSR count). The Morgan fingerprint density at radius 1 is 1.41 bits per heavy atom. The fourth-order valence-corrected chi connectivity index (χ4v) is 2.33. The molecule has 1 saturated heterocycles. The molecule has 1 N–H and O–H groups in total. The summed E-state index contributed by atoms with van der Waals surface area (Å²) in [5.41, 5.74) is 1.06. The van der Waals surface area contributed by atoms with Crippen LogP contribution in [0.25, 0.3) is 0 Å². The first-order valence-corrected chi connectivity index (χ1v) is 6.49. The largest absolute Gasteiger partial charge is 0.381 e. The molecule has 1 aromatic rings. The van der Waals surface area contributed by atoms with Crippen molar-refractivity contribution in [1.29, 1.82) is 0 Å². The van der Waals surface area contributed by atoms with Crippen LogP contribution in [0.3, 0.4) is 0 Å². The Kier molecular flexibility index (Phi) is 4.88. The number of hydrogen-bond donors (Lipinski definition) is 1.